The fourth-order valence-corrected chi connectivity index (χ4v) is 2.29. The van der Waals surface area contributed by atoms with E-state index in [-0.39, 0.29) is 21.4 Å². The molecule has 0 aliphatic carbocycles. The Hall–Kier alpha value is -0.680. The van der Waals surface area contributed by atoms with Crippen molar-refractivity contribution in [2.75, 3.05) is 6.26 Å². The molecule has 0 aliphatic rings. The van der Waals surface area contributed by atoms with Gasteiger partial charge < -0.3 is 0 Å². The van der Waals surface area contributed by atoms with Gasteiger partial charge in [0.05, 0.1) is 5.56 Å². The van der Waals surface area contributed by atoms with E-state index in [4.69, 9.17) is 11.6 Å². The van der Waals surface area contributed by atoms with E-state index in [2.05, 4.69) is 4.98 Å². The average Bonchev–Trinajstić information content (AvgIpc) is 2.23. The zero-order valence-corrected chi connectivity index (χ0v) is 12.9. The fraction of sp³-hybridized carbons (Fsp3) is 0.667. The highest BCUT2D eigenvalue weighted by atomic mass is 35.5. The van der Waals surface area contributed by atoms with Crippen LogP contribution in [-0.4, -0.2) is 20.6 Å². The van der Waals surface area contributed by atoms with E-state index in [0.29, 0.717) is 12.1 Å². The van der Waals surface area contributed by atoms with E-state index in [1.807, 2.05) is 34.0 Å². The monoisotopic (exact) mass is 290 g/mol. The number of nitrogens with zero attached hydrogens (tertiary/aromatic N) is 1. The lowest BCUT2D eigenvalue weighted by molar-refractivity contribution is 0.524. The second-order valence-electron chi connectivity index (χ2n) is 5.17. The zero-order valence-electron chi connectivity index (χ0n) is 11.3. The molecule has 0 aliphatic heterocycles. The van der Waals surface area contributed by atoms with Gasteiger partial charge in [0.2, 0.25) is 0 Å². The zero-order chi connectivity index (χ0) is 14.1. The maximum absolute atomic E-state index is 12.3. The molecule has 1 rings (SSSR count). The summed E-state index contributed by atoms with van der Waals surface area (Å²) in [6, 6.07) is 0. The second-order valence-corrected chi connectivity index (χ2v) is 7.06. The maximum atomic E-state index is 12.3. The van der Waals surface area contributed by atoms with E-state index in [1.54, 1.807) is 11.8 Å². The fourth-order valence-electron chi connectivity index (χ4n) is 1.65. The van der Waals surface area contributed by atoms with Crippen molar-refractivity contribution in [2.45, 2.75) is 44.9 Å². The lowest BCUT2D eigenvalue weighted by atomic mass is 10.1. The lowest BCUT2D eigenvalue weighted by Gasteiger charge is -2.23. The average molecular weight is 291 g/mol. The van der Waals surface area contributed by atoms with E-state index in [1.165, 1.54) is 4.57 Å². The molecule has 4 nitrogen and oxygen atoms in total. The third kappa shape index (κ3) is 3.20. The van der Waals surface area contributed by atoms with Gasteiger partial charge in [0, 0.05) is 11.3 Å². The molecule has 102 valence electrons. The second kappa shape index (κ2) is 5.53. The van der Waals surface area contributed by atoms with Gasteiger partial charge in [-0.1, -0.05) is 25.4 Å². The quantitative estimate of drug-likeness (QED) is 0.867. The van der Waals surface area contributed by atoms with Gasteiger partial charge in [-0.25, -0.2) is 4.79 Å². The van der Waals surface area contributed by atoms with E-state index >= 15 is 0 Å². The summed E-state index contributed by atoms with van der Waals surface area (Å²) in [7, 11) is 0. The Morgan fingerprint density at radius 2 is 1.94 bits per heavy atom. The van der Waals surface area contributed by atoms with Crippen LogP contribution in [0.5, 0.6) is 0 Å². The van der Waals surface area contributed by atoms with E-state index in [9.17, 15) is 9.59 Å². The first kappa shape index (κ1) is 15.4. The number of aromatic amines is 1. The largest absolute Gasteiger partial charge is 0.329 e. The molecule has 1 aromatic heterocycles. The highest BCUT2D eigenvalue weighted by molar-refractivity contribution is 7.99. The molecular formula is C12H19ClN2O2S. The lowest BCUT2D eigenvalue weighted by Crippen LogP contribution is -2.42. The van der Waals surface area contributed by atoms with Crippen molar-refractivity contribution < 1.29 is 0 Å². The van der Waals surface area contributed by atoms with Gasteiger partial charge in [0.25, 0.3) is 5.56 Å². The molecule has 1 N–H and O–H groups in total. The molecule has 0 aromatic carbocycles. The molecule has 0 saturated heterocycles. The summed E-state index contributed by atoms with van der Waals surface area (Å²) < 4.78 is 1.05. The van der Waals surface area contributed by atoms with E-state index in [0.717, 1.165) is 0 Å². The van der Waals surface area contributed by atoms with Gasteiger partial charge in [-0.2, -0.15) is 11.8 Å². The van der Waals surface area contributed by atoms with Gasteiger partial charge in [0.15, 0.2) is 0 Å². The van der Waals surface area contributed by atoms with Gasteiger partial charge in [0.1, 0.15) is 5.15 Å². The molecule has 0 radical (unpaired) electrons. The van der Waals surface area contributed by atoms with Crippen LogP contribution in [0.3, 0.4) is 0 Å². The van der Waals surface area contributed by atoms with Crippen LogP contribution in [-0.2, 0) is 6.54 Å². The summed E-state index contributed by atoms with van der Waals surface area (Å²) in [5.41, 5.74) is -0.273. The van der Waals surface area contributed by atoms with Crippen LogP contribution in [0.25, 0.3) is 0 Å². The van der Waals surface area contributed by atoms with Gasteiger partial charge in [-0.3, -0.25) is 14.3 Å². The Morgan fingerprint density at radius 1 is 1.39 bits per heavy atom. The van der Waals surface area contributed by atoms with Crippen molar-refractivity contribution in [1.29, 1.82) is 0 Å². The summed E-state index contributed by atoms with van der Waals surface area (Å²) >= 11 is 7.55. The summed E-state index contributed by atoms with van der Waals surface area (Å²) in [6.07, 6.45) is 1.96. The summed E-state index contributed by atoms with van der Waals surface area (Å²) in [5, 5.41) is 0.151. The highest BCUT2D eigenvalue weighted by Gasteiger charge is 2.22. The molecule has 0 spiro atoms. The van der Waals surface area contributed by atoms with Crippen molar-refractivity contribution in [3.63, 3.8) is 0 Å². The summed E-state index contributed by atoms with van der Waals surface area (Å²) in [4.78, 5) is 26.7. The number of hydrogen-bond acceptors (Lipinski definition) is 3. The van der Waals surface area contributed by atoms with E-state index < -0.39 is 5.69 Å². The minimum Gasteiger partial charge on any atom is -0.297 e. The Balaban J connectivity index is 3.43. The normalized spacial score (nSPS) is 12.2. The van der Waals surface area contributed by atoms with Crippen molar-refractivity contribution in [3.8, 4) is 0 Å². The third-order valence-electron chi connectivity index (χ3n) is 2.84. The Bertz CT molecular complexity index is 546. The van der Waals surface area contributed by atoms with Gasteiger partial charge >= 0.3 is 5.69 Å². The number of nitrogens with one attached hydrogen (secondary N) is 1. The summed E-state index contributed by atoms with van der Waals surface area (Å²) in [5.74, 6) is -0.0227. The Labute approximate surface area is 116 Å². The molecule has 0 unspecified atom stereocenters. The predicted octanol–water partition coefficient (Wildman–Crippen LogP) is 2.46. The number of rotatable bonds is 4. The molecule has 6 heteroatoms. The van der Waals surface area contributed by atoms with Crippen LogP contribution in [0, 0.1) is 0 Å². The highest BCUT2D eigenvalue weighted by Crippen LogP contribution is 2.23. The SMILES string of the molecule is CSC(C)(C)Cn1c(=O)[nH]c(Cl)c(C(C)C)c1=O. The molecule has 0 amide bonds. The molecule has 0 fully saturated rings. The molecule has 1 aromatic rings. The standard InChI is InChI=1S/C12H19ClN2O2S/c1-7(2)8-9(13)14-11(17)15(10(8)16)6-12(3,4)18-5/h7H,6H2,1-5H3,(H,14,17). The molecule has 0 saturated carbocycles. The predicted molar refractivity (Wildman–Crippen MR) is 78.0 cm³/mol. The van der Waals surface area contributed by atoms with Crippen LogP contribution in [0.15, 0.2) is 9.59 Å². The first-order valence-electron chi connectivity index (χ1n) is 5.77. The Kier molecular flexibility index (Phi) is 4.72. The molecule has 1 heterocycles. The molecule has 18 heavy (non-hydrogen) atoms. The van der Waals surface area contributed by atoms with Crippen molar-refractivity contribution in [2.24, 2.45) is 0 Å². The topological polar surface area (TPSA) is 54.9 Å². The van der Waals surface area contributed by atoms with Crippen molar-refractivity contribution in [3.05, 3.63) is 31.6 Å². The summed E-state index contributed by atoms with van der Waals surface area (Å²) in [6.45, 7) is 8.11. The maximum Gasteiger partial charge on any atom is 0.329 e. The minimum atomic E-state index is -0.448. The first-order chi connectivity index (χ1) is 8.19. The number of H-pyrrole nitrogens is 1. The van der Waals surface area contributed by atoms with Crippen LogP contribution in [0.2, 0.25) is 5.15 Å². The smallest absolute Gasteiger partial charge is 0.297 e. The van der Waals surface area contributed by atoms with Crippen LogP contribution in [0.1, 0.15) is 39.2 Å². The van der Waals surface area contributed by atoms with Crippen molar-refractivity contribution in [1.82, 2.24) is 9.55 Å². The molecule has 0 bridgehead atoms. The minimum absolute atomic E-state index is 0.0227. The first-order valence-corrected chi connectivity index (χ1v) is 7.37. The van der Waals surface area contributed by atoms with Crippen LogP contribution in [0.4, 0.5) is 0 Å². The number of thioether (sulfide) groups is 1. The third-order valence-corrected chi connectivity index (χ3v) is 4.38. The van der Waals surface area contributed by atoms with Gasteiger partial charge in [-0.15, -0.1) is 0 Å². The van der Waals surface area contributed by atoms with Gasteiger partial charge in [-0.05, 0) is 26.0 Å². The van der Waals surface area contributed by atoms with Crippen LogP contribution >= 0.6 is 23.4 Å². The van der Waals surface area contributed by atoms with Crippen molar-refractivity contribution >= 4 is 23.4 Å². The Morgan fingerprint density at radius 3 is 2.39 bits per heavy atom. The number of halogens is 1. The number of aromatic nitrogens is 2. The molecule has 0 atom stereocenters. The molecular weight excluding hydrogens is 272 g/mol. The number of hydrogen-bond donors (Lipinski definition) is 1. The van der Waals surface area contributed by atoms with Crippen LogP contribution < -0.4 is 11.2 Å².